The summed E-state index contributed by atoms with van der Waals surface area (Å²) in [5.41, 5.74) is 3.70. The van der Waals surface area contributed by atoms with Crippen LogP contribution >= 0.6 is 0 Å². The molecule has 1 aliphatic heterocycles. The molecule has 1 saturated heterocycles. The van der Waals surface area contributed by atoms with Gasteiger partial charge in [-0.25, -0.2) is 4.79 Å². The maximum atomic E-state index is 12.5. The number of aryl methyl sites for hydroxylation is 2. The van der Waals surface area contributed by atoms with E-state index >= 15 is 0 Å². The third-order valence-corrected chi connectivity index (χ3v) is 4.50. The Morgan fingerprint density at radius 2 is 2.00 bits per heavy atom. The minimum absolute atomic E-state index is 0.0747. The molecule has 5 nitrogen and oxygen atoms in total. The van der Waals surface area contributed by atoms with Crippen molar-refractivity contribution in [3.8, 4) is 0 Å². The Balaban J connectivity index is 1.71. The van der Waals surface area contributed by atoms with Crippen molar-refractivity contribution in [1.82, 2.24) is 4.90 Å². The third kappa shape index (κ3) is 3.14. The van der Waals surface area contributed by atoms with Gasteiger partial charge in [0.25, 0.3) is 0 Å². The highest BCUT2D eigenvalue weighted by atomic mass is 16.5. The molecule has 1 aromatic rings. The van der Waals surface area contributed by atoms with E-state index in [1.54, 1.807) is 0 Å². The lowest BCUT2D eigenvalue weighted by molar-refractivity contribution is -0.158. The van der Waals surface area contributed by atoms with E-state index in [2.05, 4.69) is 12.1 Å². The quantitative estimate of drug-likeness (QED) is 0.917. The van der Waals surface area contributed by atoms with E-state index in [4.69, 9.17) is 4.74 Å². The van der Waals surface area contributed by atoms with Crippen molar-refractivity contribution >= 4 is 11.9 Å². The Bertz CT molecular complexity index is 584. The van der Waals surface area contributed by atoms with E-state index in [9.17, 15) is 14.7 Å². The molecule has 0 spiro atoms. The number of hydrogen-bond donors (Lipinski definition) is 1. The van der Waals surface area contributed by atoms with Gasteiger partial charge in [-0.3, -0.25) is 4.79 Å². The number of carbonyl (C=O) groups excluding carboxylic acids is 1. The van der Waals surface area contributed by atoms with E-state index in [0.29, 0.717) is 13.2 Å². The van der Waals surface area contributed by atoms with Crippen molar-refractivity contribution in [2.24, 2.45) is 0 Å². The van der Waals surface area contributed by atoms with Crippen LogP contribution in [0.2, 0.25) is 0 Å². The van der Waals surface area contributed by atoms with E-state index in [0.717, 1.165) is 18.4 Å². The molecule has 1 atom stereocenters. The molecule has 3 rings (SSSR count). The molecule has 2 aliphatic rings. The molecule has 0 bridgehead atoms. The van der Waals surface area contributed by atoms with Gasteiger partial charge < -0.3 is 14.7 Å². The first-order valence-electron chi connectivity index (χ1n) is 7.86. The summed E-state index contributed by atoms with van der Waals surface area (Å²) in [7, 11) is 0. The summed E-state index contributed by atoms with van der Waals surface area (Å²) < 4.78 is 5.17. The summed E-state index contributed by atoms with van der Waals surface area (Å²) in [5, 5.41) is 9.21. The summed E-state index contributed by atoms with van der Waals surface area (Å²) >= 11 is 0. The zero-order chi connectivity index (χ0) is 15.5. The van der Waals surface area contributed by atoms with Crippen molar-refractivity contribution < 1.29 is 19.4 Å². The first-order chi connectivity index (χ1) is 10.6. The molecule has 5 heteroatoms. The van der Waals surface area contributed by atoms with Gasteiger partial charge in [-0.1, -0.05) is 18.2 Å². The van der Waals surface area contributed by atoms with Crippen LogP contribution < -0.4 is 0 Å². The molecule has 1 heterocycles. The number of aliphatic carboxylic acids is 1. The SMILES string of the molecule is O=C(O)C1COCCN1C(=O)Cc1ccc2c(c1)CCCC2. The van der Waals surface area contributed by atoms with Gasteiger partial charge in [0.2, 0.25) is 5.91 Å². The number of hydrogen-bond acceptors (Lipinski definition) is 3. The number of amides is 1. The lowest BCUT2D eigenvalue weighted by Crippen LogP contribution is -2.53. The van der Waals surface area contributed by atoms with Crippen molar-refractivity contribution in [3.63, 3.8) is 0 Å². The molecule has 1 aromatic carbocycles. The molecule has 1 fully saturated rings. The number of carboxylic acids is 1. The van der Waals surface area contributed by atoms with Gasteiger partial charge in [0.05, 0.1) is 19.6 Å². The number of morpholine rings is 1. The van der Waals surface area contributed by atoms with Crippen LogP contribution in [0.5, 0.6) is 0 Å². The van der Waals surface area contributed by atoms with Crippen molar-refractivity contribution in [3.05, 3.63) is 34.9 Å². The maximum Gasteiger partial charge on any atom is 0.328 e. The number of rotatable bonds is 3. The van der Waals surface area contributed by atoms with E-state index in [-0.39, 0.29) is 18.9 Å². The predicted molar refractivity (Wildman–Crippen MR) is 80.7 cm³/mol. The van der Waals surface area contributed by atoms with Gasteiger partial charge >= 0.3 is 5.97 Å². The minimum atomic E-state index is -1.00. The van der Waals surface area contributed by atoms with Crippen LogP contribution in [0, 0.1) is 0 Å². The standard InChI is InChI=1S/C17H21NO4/c19-16(18-7-8-22-11-15(18)17(20)21)10-12-5-6-13-3-1-2-4-14(13)9-12/h5-6,9,15H,1-4,7-8,10-11H2,(H,20,21). The third-order valence-electron chi connectivity index (χ3n) is 4.50. The van der Waals surface area contributed by atoms with Crippen molar-refractivity contribution in [2.75, 3.05) is 19.8 Å². The number of carbonyl (C=O) groups is 2. The van der Waals surface area contributed by atoms with Crippen LogP contribution in [0.15, 0.2) is 18.2 Å². The Morgan fingerprint density at radius 1 is 1.23 bits per heavy atom. The average Bonchev–Trinajstić information content (AvgIpc) is 2.54. The Labute approximate surface area is 129 Å². The molecule has 0 saturated carbocycles. The van der Waals surface area contributed by atoms with Crippen LogP contribution in [0.1, 0.15) is 29.5 Å². The lowest BCUT2D eigenvalue weighted by atomic mass is 9.90. The number of benzene rings is 1. The molecule has 118 valence electrons. The Kier molecular flexibility index (Phi) is 4.43. The molecule has 1 amide bonds. The Hall–Kier alpha value is -1.88. The molecule has 1 aliphatic carbocycles. The molecule has 1 N–H and O–H groups in total. The number of ether oxygens (including phenoxy) is 1. The zero-order valence-electron chi connectivity index (χ0n) is 12.6. The molecular formula is C17H21NO4. The monoisotopic (exact) mass is 303 g/mol. The van der Waals surface area contributed by atoms with Gasteiger partial charge in [-0.2, -0.15) is 0 Å². The summed E-state index contributed by atoms with van der Waals surface area (Å²) in [5.74, 6) is -1.13. The smallest absolute Gasteiger partial charge is 0.328 e. The molecule has 0 radical (unpaired) electrons. The predicted octanol–water partition coefficient (Wildman–Crippen LogP) is 1.42. The first-order valence-corrected chi connectivity index (χ1v) is 7.86. The van der Waals surface area contributed by atoms with E-state index < -0.39 is 12.0 Å². The number of nitrogens with zero attached hydrogens (tertiary/aromatic N) is 1. The molecular weight excluding hydrogens is 282 g/mol. The highest BCUT2D eigenvalue weighted by molar-refractivity contribution is 5.85. The largest absolute Gasteiger partial charge is 0.480 e. The summed E-state index contributed by atoms with van der Waals surface area (Å²) in [6.07, 6.45) is 4.89. The summed E-state index contributed by atoms with van der Waals surface area (Å²) in [6, 6.07) is 5.37. The van der Waals surface area contributed by atoms with Gasteiger partial charge in [0, 0.05) is 6.54 Å². The second-order valence-corrected chi connectivity index (χ2v) is 6.00. The summed E-state index contributed by atoms with van der Waals surface area (Å²) in [6.45, 7) is 0.825. The van der Waals surface area contributed by atoms with Crippen molar-refractivity contribution in [2.45, 2.75) is 38.1 Å². The topological polar surface area (TPSA) is 66.8 Å². The van der Waals surface area contributed by atoms with Gasteiger partial charge in [-0.15, -0.1) is 0 Å². The average molecular weight is 303 g/mol. The Morgan fingerprint density at radius 3 is 2.77 bits per heavy atom. The van der Waals surface area contributed by atoms with Gasteiger partial charge in [0.1, 0.15) is 0 Å². The number of carboxylic acid groups (broad SMARTS) is 1. The van der Waals surface area contributed by atoms with Gasteiger partial charge in [0.15, 0.2) is 6.04 Å². The van der Waals surface area contributed by atoms with E-state index in [1.807, 2.05) is 6.07 Å². The molecule has 0 aromatic heterocycles. The highest BCUT2D eigenvalue weighted by Crippen LogP contribution is 2.23. The second kappa shape index (κ2) is 6.48. The van der Waals surface area contributed by atoms with Crippen LogP contribution in [0.3, 0.4) is 0 Å². The first kappa shape index (κ1) is 15.0. The van der Waals surface area contributed by atoms with Crippen LogP contribution in [0.4, 0.5) is 0 Å². The maximum absolute atomic E-state index is 12.5. The highest BCUT2D eigenvalue weighted by Gasteiger charge is 2.32. The fourth-order valence-electron chi connectivity index (χ4n) is 3.28. The van der Waals surface area contributed by atoms with Crippen molar-refractivity contribution in [1.29, 1.82) is 0 Å². The minimum Gasteiger partial charge on any atom is -0.480 e. The van der Waals surface area contributed by atoms with Crippen LogP contribution in [-0.2, 0) is 33.6 Å². The van der Waals surface area contributed by atoms with Gasteiger partial charge in [-0.05, 0) is 42.4 Å². The second-order valence-electron chi connectivity index (χ2n) is 6.00. The lowest BCUT2D eigenvalue weighted by Gasteiger charge is -2.33. The fraction of sp³-hybridized carbons (Fsp3) is 0.529. The molecule has 1 unspecified atom stereocenters. The zero-order valence-corrected chi connectivity index (χ0v) is 12.6. The van der Waals surface area contributed by atoms with Crippen LogP contribution in [0.25, 0.3) is 0 Å². The summed E-state index contributed by atoms with van der Waals surface area (Å²) in [4.78, 5) is 25.1. The van der Waals surface area contributed by atoms with Crippen LogP contribution in [-0.4, -0.2) is 47.7 Å². The molecule has 22 heavy (non-hydrogen) atoms. The normalized spacial score (nSPS) is 21.3. The number of fused-ring (bicyclic) bond motifs is 1. The van der Waals surface area contributed by atoms with E-state index in [1.165, 1.54) is 28.9 Å². The fourth-order valence-corrected chi connectivity index (χ4v) is 3.28.